The normalized spacial score (nSPS) is 10.3. The predicted octanol–water partition coefficient (Wildman–Crippen LogP) is 2.82. The minimum Gasteiger partial charge on any atom is -0.477 e. The van der Waals surface area contributed by atoms with E-state index < -0.39 is 5.97 Å². The van der Waals surface area contributed by atoms with Gasteiger partial charge in [-0.1, -0.05) is 11.3 Å². The first-order chi connectivity index (χ1) is 7.66. The Balaban J connectivity index is 2.05. The third-order valence-corrected chi connectivity index (χ3v) is 3.85. The zero-order valence-corrected chi connectivity index (χ0v) is 10.2. The second-order valence-electron chi connectivity index (χ2n) is 3.22. The van der Waals surface area contributed by atoms with Crippen molar-refractivity contribution in [2.75, 3.05) is 5.32 Å². The van der Waals surface area contributed by atoms with Crippen molar-refractivity contribution in [3.8, 4) is 0 Å². The highest BCUT2D eigenvalue weighted by atomic mass is 32.1. The molecule has 0 aliphatic heterocycles. The van der Waals surface area contributed by atoms with Crippen molar-refractivity contribution in [2.24, 2.45) is 0 Å². The standard InChI is InChI=1S/C10H10N2O2S2/c1-6-8(9(13)14)16-10(12-6)11-4-7-2-3-15-5-7/h2-3,5H,4H2,1H3,(H,11,12)(H,13,14). The van der Waals surface area contributed by atoms with Gasteiger partial charge < -0.3 is 10.4 Å². The van der Waals surface area contributed by atoms with Gasteiger partial charge in [0.1, 0.15) is 4.88 Å². The second kappa shape index (κ2) is 4.63. The molecule has 16 heavy (non-hydrogen) atoms. The highest BCUT2D eigenvalue weighted by molar-refractivity contribution is 7.17. The lowest BCUT2D eigenvalue weighted by Gasteiger charge is -1.98. The predicted molar refractivity (Wildman–Crippen MR) is 65.5 cm³/mol. The Kier molecular flexibility index (Phi) is 3.21. The van der Waals surface area contributed by atoms with E-state index >= 15 is 0 Å². The lowest BCUT2D eigenvalue weighted by atomic mass is 10.3. The summed E-state index contributed by atoms with van der Waals surface area (Å²) in [6.45, 7) is 2.38. The maximum Gasteiger partial charge on any atom is 0.347 e. The number of rotatable bonds is 4. The van der Waals surface area contributed by atoms with Crippen LogP contribution in [0.4, 0.5) is 5.13 Å². The molecule has 0 fully saturated rings. The molecule has 2 heterocycles. The summed E-state index contributed by atoms with van der Waals surface area (Å²) in [6, 6.07) is 2.02. The van der Waals surface area contributed by atoms with Crippen LogP contribution in [0.3, 0.4) is 0 Å². The lowest BCUT2D eigenvalue weighted by molar-refractivity contribution is 0.0701. The Hall–Kier alpha value is -1.40. The molecule has 2 N–H and O–H groups in total. The summed E-state index contributed by atoms with van der Waals surface area (Å²) in [7, 11) is 0. The van der Waals surface area contributed by atoms with Gasteiger partial charge in [0, 0.05) is 6.54 Å². The van der Waals surface area contributed by atoms with E-state index in [-0.39, 0.29) is 0 Å². The quantitative estimate of drug-likeness (QED) is 0.880. The number of aromatic nitrogens is 1. The minimum atomic E-state index is -0.918. The Labute approximate surface area is 101 Å². The van der Waals surface area contributed by atoms with Crippen molar-refractivity contribution in [3.05, 3.63) is 33.0 Å². The van der Waals surface area contributed by atoms with Gasteiger partial charge >= 0.3 is 5.97 Å². The van der Waals surface area contributed by atoms with Crippen molar-refractivity contribution in [2.45, 2.75) is 13.5 Å². The van der Waals surface area contributed by atoms with Crippen LogP contribution in [0.5, 0.6) is 0 Å². The number of nitrogens with one attached hydrogen (secondary N) is 1. The van der Waals surface area contributed by atoms with Gasteiger partial charge in [0.15, 0.2) is 5.13 Å². The topological polar surface area (TPSA) is 62.2 Å². The fraction of sp³-hybridized carbons (Fsp3) is 0.200. The van der Waals surface area contributed by atoms with Crippen LogP contribution >= 0.6 is 22.7 Å². The molecule has 2 aromatic heterocycles. The molecular weight excluding hydrogens is 244 g/mol. The van der Waals surface area contributed by atoms with Gasteiger partial charge in [-0.2, -0.15) is 11.3 Å². The summed E-state index contributed by atoms with van der Waals surface area (Å²) in [5.74, 6) is -0.918. The number of aryl methyl sites for hydroxylation is 1. The maximum atomic E-state index is 10.8. The van der Waals surface area contributed by atoms with Crippen molar-refractivity contribution < 1.29 is 9.90 Å². The third-order valence-electron chi connectivity index (χ3n) is 2.01. The van der Waals surface area contributed by atoms with Crippen molar-refractivity contribution in [3.63, 3.8) is 0 Å². The lowest BCUT2D eigenvalue weighted by Crippen LogP contribution is -1.96. The van der Waals surface area contributed by atoms with Crippen molar-refractivity contribution in [1.29, 1.82) is 0 Å². The van der Waals surface area contributed by atoms with Crippen LogP contribution in [0.25, 0.3) is 0 Å². The molecule has 0 spiro atoms. The zero-order valence-electron chi connectivity index (χ0n) is 8.56. The largest absolute Gasteiger partial charge is 0.477 e. The molecular formula is C10H10N2O2S2. The molecule has 2 rings (SSSR count). The number of nitrogens with zero attached hydrogens (tertiary/aromatic N) is 1. The van der Waals surface area contributed by atoms with Gasteiger partial charge in [-0.25, -0.2) is 9.78 Å². The van der Waals surface area contributed by atoms with Crippen LogP contribution in [-0.4, -0.2) is 16.1 Å². The zero-order chi connectivity index (χ0) is 11.5. The molecule has 4 nitrogen and oxygen atoms in total. The molecule has 0 amide bonds. The van der Waals surface area contributed by atoms with Gasteiger partial charge in [0.25, 0.3) is 0 Å². The van der Waals surface area contributed by atoms with E-state index in [2.05, 4.69) is 10.3 Å². The molecule has 0 atom stereocenters. The Morgan fingerprint density at radius 2 is 2.44 bits per heavy atom. The number of hydrogen-bond acceptors (Lipinski definition) is 5. The van der Waals surface area contributed by atoms with Crippen LogP contribution in [0.15, 0.2) is 16.8 Å². The molecule has 0 aliphatic rings. The number of carboxylic acid groups (broad SMARTS) is 1. The SMILES string of the molecule is Cc1nc(NCc2ccsc2)sc1C(=O)O. The van der Waals surface area contributed by atoms with Crippen LogP contribution in [0, 0.1) is 6.92 Å². The van der Waals surface area contributed by atoms with Crippen LogP contribution in [0.1, 0.15) is 20.9 Å². The molecule has 0 radical (unpaired) electrons. The highest BCUT2D eigenvalue weighted by Crippen LogP contribution is 2.23. The number of carboxylic acids is 1. The summed E-state index contributed by atoms with van der Waals surface area (Å²) in [6.07, 6.45) is 0. The molecule has 0 saturated carbocycles. The summed E-state index contributed by atoms with van der Waals surface area (Å²) in [5, 5.41) is 16.7. The molecule has 0 aliphatic carbocycles. The van der Waals surface area contributed by atoms with E-state index in [1.807, 2.05) is 16.8 Å². The van der Waals surface area contributed by atoms with E-state index in [4.69, 9.17) is 5.11 Å². The van der Waals surface area contributed by atoms with Gasteiger partial charge in [-0.15, -0.1) is 0 Å². The number of carbonyl (C=O) groups is 1. The second-order valence-corrected chi connectivity index (χ2v) is 5.00. The Bertz CT molecular complexity index is 491. The summed E-state index contributed by atoms with van der Waals surface area (Å²) < 4.78 is 0. The number of thiophene rings is 1. The Morgan fingerprint density at radius 1 is 1.62 bits per heavy atom. The first kappa shape index (κ1) is 11.1. The van der Waals surface area contributed by atoms with Gasteiger partial charge in [-0.05, 0) is 29.3 Å². The van der Waals surface area contributed by atoms with Gasteiger partial charge in [0.2, 0.25) is 0 Å². The molecule has 0 bridgehead atoms. The van der Waals surface area contributed by atoms with Gasteiger partial charge in [0.05, 0.1) is 5.69 Å². The van der Waals surface area contributed by atoms with E-state index in [9.17, 15) is 4.79 Å². The number of anilines is 1. The van der Waals surface area contributed by atoms with E-state index in [0.29, 0.717) is 22.2 Å². The molecule has 0 aromatic carbocycles. The average Bonchev–Trinajstić information content (AvgIpc) is 2.83. The van der Waals surface area contributed by atoms with Crippen LogP contribution < -0.4 is 5.32 Å². The number of hydrogen-bond donors (Lipinski definition) is 2. The number of aromatic carboxylic acids is 1. The van der Waals surface area contributed by atoms with E-state index in [1.165, 1.54) is 16.9 Å². The first-order valence-corrected chi connectivity index (χ1v) is 6.38. The van der Waals surface area contributed by atoms with E-state index in [1.54, 1.807) is 18.3 Å². The first-order valence-electron chi connectivity index (χ1n) is 4.62. The van der Waals surface area contributed by atoms with E-state index in [0.717, 1.165) is 0 Å². The summed E-state index contributed by atoms with van der Waals surface area (Å²) >= 11 is 2.81. The minimum absolute atomic E-state index is 0.299. The molecule has 0 unspecified atom stereocenters. The smallest absolute Gasteiger partial charge is 0.347 e. The summed E-state index contributed by atoms with van der Waals surface area (Å²) in [4.78, 5) is 15.3. The summed E-state index contributed by atoms with van der Waals surface area (Å²) in [5.41, 5.74) is 1.74. The average molecular weight is 254 g/mol. The molecule has 6 heteroatoms. The highest BCUT2D eigenvalue weighted by Gasteiger charge is 2.13. The van der Waals surface area contributed by atoms with Crippen LogP contribution in [0.2, 0.25) is 0 Å². The fourth-order valence-electron chi connectivity index (χ4n) is 1.24. The van der Waals surface area contributed by atoms with Crippen LogP contribution in [-0.2, 0) is 6.54 Å². The molecule has 84 valence electrons. The monoisotopic (exact) mass is 254 g/mol. The third kappa shape index (κ3) is 2.40. The van der Waals surface area contributed by atoms with Crippen molar-refractivity contribution >= 4 is 33.8 Å². The van der Waals surface area contributed by atoms with Gasteiger partial charge in [-0.3, -0.25) is 0 Å². The molecule has 2 aromatic rings. The molecule has 0 saturated heterocycles. The van der Waals surface area contributed by atoms with Crippen molar-refractivity contribution in [1.82, 2.24) is 4.98 Å². The maximum absolute atomic E-state index is 10.8. The number of thiazole rings is 1. The Morgan fingerprint density at radius 3 is 3.00 bits per heavy atom. The fourth-order valence-corrected chi connectivity index (χ4v) is 2.71.